The lowest BCUT2D eigenvalue weighted by Crippen LogP contribution is -2.36. The van der Waals surface area contributed by atoms with E-state index in [4.69, 9.17) is 9.40 Å². The highest BCUT2D eigenvalue weighted by molar-refractivity contribution is 8.00. The smallest absolute Gasteiger partial charge is 0.263 e. The summed E-state index contributed by atoms with van der Waals surface area (Å²) < 4.78 is 7.16. The molecule has 6 nitrogen and oxygen atoms in total. The van der Waals surface area contributed by atoms with Gasteiger partial charge < -0.3 is 9.73 Å². The SMILES string of the molecule is CC1CCc2c(sc3nc(SC(C)C(=O)NC(C)C)n(Cc4ccco4)c(=O)c23)C1. The van der Waals surface area contributed by atoms with Gasteiger partial charge in [0, 0.05) is 10.9 Å². The molecule has 1 aliphatic rings. The van der Waals surface area contributed by atoms with Crippen LogP contribution >= 0.6 is 23.1 Å². The standard InChI is InChI=1S/C22H27N3O3S2/c1-12(2)23-19(26)14(4)29-22-24-20-18(16-8-7-13(3)10-17(16)30-20)21(27)25(22)11-15-6-5-9-28-15/h5-6,9,12-14H,7-8,10-11H2,1-4H3,(H,23,26). The maximum atomic E-state index is 13.6. The number of hydrogen-bond donors (Lipinski definition) is 1. The third kappa shape index (κ3) is 4.21. The molecular formula is C22H27N3O3S2. The number of carbonyl (C=O) groups is 1. The highest BCUT2D eigenvalue weighted by Crippen LogP contribution is 2.37. The van der Waals surface area contributed by atoms with Crippen molar-refractivity contribution < 1.29 is 9.21 Å². The van der Waals surface area contributed by atoms with Gasteiger partial charge in [-0.3, -0.25) is 14.2 Å². The summed E-state index contributed by atoms with van der Waals surface area (Å²) in [6.07, 6.45) is 4.63. The maximum absolute atomic E-state index is 13.6. The van der Waals surface area contributed by atoms with Gasteiger partial charge in [0.05, 0.1) is 23.4 Å². The number of aromatic nitrogens is 2. The molecule has 160 valence electrons. The van der Waals surface area contributed by atoms with Crippen LogP contribution in [-0.2, 0) is 24.2 Å². The summed E-state index contributed by atoms with van der Waals surface area (Å²) in [5.41, 5.74) is 1.13. The summed E-state index contributed by atoms with van der Waals surface area (Å²) in [5.74, 6) is 1.26. The van der Waals surface area contributed by atoms with E-state index in [-0.39, 0.29) is 22.8 Å². The fraction of sp³-hybridized carbons (Fsp3) is 0.500. The van der Waals surface area contributed by atoms with Gasteiger partial charge in [-0.1, -0.05) is 18.7 Å². The van der Waals surface area contributed by atoms with Crippen LogP contribution in [0.4, 0.5) is 0 Å². The first kappa shape index (κ1) is 21.2. The largest absolute Gasteiger partial charge is 0.467 e. The van der Waals surface area contributed by atoms with E-state index >= 15 is 0 Å². The number of nitrogens with one attached hydrogen (secondary N) is 1. The zero-order valence-electron chi connectivity index (χ0n) is 17.7. The van der Waals surface area contributed by atoms with Crippen LogP contribution in [0.3, 0.4) is 0 Å². The summed E-state index contributed by atoms with van der Waals surface area (Å²) in [5, 5.41) is 3.87. The van der Waals surface area contributed by atoms with Gasteiger partial charge >= 0.3 is 0 Å². The molecule has 0 radical (unpaired) electrons. The molecule has 4 rings (SSSR count). The normalized spacial score (nSPS) is 17.3. The minimum Gasteiger partial charge on any atom is -0.467 e. The first-order valence-electron chi connectivity index (χ1n) is 10.4. The van der Waals surface area contributed by atoms with E-state index < -0.39 is 0 Å². The Morgan fingerprint density at radius 3 is 2.93 bits per heavy atom. The summed E-state index contributed by atoms with van der Waals surface area (Å²) in [6, 6.07) is 3.73. The topological polar surface area (TPSA) is 77.1 Å². The van der Waals surface area contributed by atoms with Crippen molar-refractivity contribution in [3.8, 4) is 0 Å². The van der Waals surface area contributed by atoms with E-state index in [0.717, 1.165) is 29.5 Å². The van der Waals surface area contributed by atoms with Crippen molar-refractivity contribution in [1.29, 1.82) is 0 Å². The van der Waals surface area contributed by atoms with E-state index in [0.29, 0.717) is 23.4 Å². The molecule has 1 N–H and O–H groups in total. The molecule has 0 saturated heterocycles. The molecule has 0 fully saturated rings. The molecule has 8 heteroatoms. The van der Waals surface area contributed by atoms with E-state index in [1.54, 1.807) is 22.2 Å². The first-order chi connectivity index (χ1) is 14.3. The van der Waals surface area contributed by atoms with Gasteiger partial charge in [0.1, 0.15) is 10.6 Å². The number of rotatable bonds is 6. The molecule has 0 spiro atoms. The lowest BCUT2D eigenvalue weighted by molar-refractivity contribution is -0.120. The molecule has 0 aliphatic heterocycles. The van der Waals surface area contributed by atoms with Crippen LogP contribution in [0, 0.1) is 5.92 Å². The maximum Gasteiger partial charge on any atom is 0.263 e. The molecule has 0 bridgehead atoms. The average molecular weight is 446 g/mol. The van der Waals surface area contributed by atoms with Gasteiger partial charge in [0.25, 0.3) is 5.56 Å². The number of hydrogen-bond acceptors (Lipinski definition) is 6. The quantitative estimate of drug-likeness (QED) is 0.454. The van der Waals surface area contributed by atoms with Gasteiger partial charge in [0.2, 0.25) is 5.91 Å². The predicted octanol–water partition coefficient (Wildman–Crippen LogP) is 4.23. The number of amides is 1. The Kier molecular flexibility index (Phi) is 6.06. The van der Waals surface area contributed by atoms with Crippen LogP contribution in [0.5, 0.6) is 0 Å². The van der Waals surface area contributed by atoms with E-state index in [2.05, 4.69) is 12.2 Å². The van der Waals surface area contributed by atoms with Crippen molar-refractivity contribution in [2.24, 2.45) is 5.92 Å². The highest BCUT2D eigenvalue weighted by Gasteiger charge is 2.26. The van der Waals surface area contributed by atoms with Crippen molar-refractivity contribution in [2.45, 2.75) is 70.0 Å². The summed E-state index contributed by atoms with van der Waals surface area (Å²) in [7, 11) is 0. The number of aryl methyl sites for hydroxylation is 1. The Hall–Kier alpha value is -2.06. The number of fused-ring (bicyclic) bond motifs is 3. The fourth-order valence-corrected chi connectivity index (χ4v) is 6.15. The van der Waals surface area contributed by atoms with E-state index in [9.17, 15) is 9.59 Å². The Morgan fingerprint density at radius 1 is 1.43 bits per heavy atom. The second kappa shape index (κ2) is 8.59. The molecule has 3 heterocycles. The minimum atomic E-state index is -0.366. The Labute approximate surface area is 184 Å². The van der Waals surface area contributed by atoms with E-state index in [1.165, 1.54) is 22.2 Å². The van der Waals surface area contributed by atoms with Crippen LogP contribution in [0.1, 0.15) is 50.3 Å². The number of thiophene rings is 1. The molecule has 0 aromatic carbocycles. The molecule has 0 saturated carbocycles. The average Bonchev–Trinajstić information content (AvgIpc) is 3.31. The van der Waals surface area contributed by atoms with Gasteiger partial charge in [-0.05, 0) is 63.6 Å². The lowest BCUT2D eigenvalue weighted by atomic mass is 9.89. The summed E-state index contributed by atoms with van der Waals surface area (Å²) in [6.45, 7) is 8.27. The van der Waals surface area contributed by atoms with E-state index in [1.807, 2.05) is 32.9 Å². The molecule has 1 aliphatic carbocycles. The second-order valence-corrected chi connectivity index (χ2v) is 10.7. The van der Waals surface area contributed by atoms with Crippen LogP contribution in [-0.4, -0.2) is 26.8 Å². The third-order valence-electron chi connectivity index (χ3n) is 5.36. The van der Waals surface area contributed by atoms with Gasteiger partial charge in [-0.2, -0.15) is 0 Å². The Balaban J connectivity index is 1.79. The van der Waals surface area contributed by atoms with Crippen LogP contribution in [0.15, 0.2) is 32.8 Å². The molecule has 30 heavy (non-hydrogen) atoms. The Bertz CT molecular complexity index is 1120. The van der Waals surface area contributed by atoms with Gasteiger partial charge in [-0.25, -0.2) is 4.98 Å². The van der Waals surface area contributed by atoms with Crippen molar-refractivity contribution in [1.82, 2.24) is 14.9 Å². The lowest BCUT2D eigenvalue weighted by Gasteiger charge is -2.18. The predicted molar refractivity (Wildman–Crippen MR) is 121 cm³/mol. The molecular weight excluding hydrogens is 418 g/mol. The Morgan fingerprint density at radius 2 is 2.23 bits per heavy atom. The number of furan rings is 1. The zero-order chi connectivity index (χ0) is 21.4. The number of thioether (sulfide) groups is 1. The van der Waals surface area contributed by atoms with Gasteiger partial charge in [-0.15, -0.1) is 11.3 Å². The van der Waals surface area contributed by atoms with Gasteiger partial charge in [0.15, 0.2) is 5.16 Å². The monoisotopic (exact) mass is 445 g/mol. The van der Waals surface area contributed by atoms with Crippen molar-refractivity contribution in [3.05, 3.63) is 45.0 Å². The van der Waals surface area contributed by atoms with Crippen LogP contribution < -0.4 is 10.9 Å². The van der Waals surface area contributed by atoms with Crippen molar-refractivity contribution in [3.63, 3.8) is 0 Å². The zero-order valence-corrected chi connectivity index (χ0v) is 19.4. The number of carbonyl (C=O) groups excluding carboxylic acids is 1. The number of nitrogens with zero attached hydrogens (tertiary/aromatic N) is 2. The van der Waals surface area contributed by atoms with Crippen LogP contribution in [0.2, 0.25) is 0 Å². The molecule has 2 unspecified atom stereocenters. The molecule has 3 aromatic rings. The van der Waals surface area contributed by atoms with Crippen molar-refractivity contribution in [2.75, 3.05) is 0 Å². The highest BCUT2D eigenvalue weighted by atomic mass is 32.2. The third-order valence-corrected chi connectivity index (χ3v) is 7.59. The fourth-order valence-electron chi connectivity index (χ4n) is 3.81. The van der Waals surface area contributed by atoms with Crippen LogP contribution in [0.25, 0.3) is 10.2 Å². The molecule has 3 aromatic heterocycles. The first-order valence-corrected chi connectivity index (χ1v) is 12.1. The molecule has 2 atom stereocenters. The summed E-state index contributed by atoms with van der Waals surface area (Å²) in [4.78, 5) is 33.0. The second-order valence-electron chi connectivity index (χ2n) is 8.32. The minimum absolute atomic E-state index is 0.0394. The van der Waals surface area contributed by atoms with Crippen molar-refractivity contribution >= 4 is 39.2 Å². The molecule has 1 amide bonds. The summed E-state index contributed by atoms with van der Waals surface area (Å²) >= 11 is 2.96.